The molecule has 0 fully saturated rings. The summed E-state index contributed by atoms with van der Waals surface area (Å²) in [5.74, 6) is 0. The molecule has 0 N–H and O–H groups in total. The van der Waals surface area contributed by atoms with Crippen LogP contribution in [0.15, 0.2) is 217 Å². The first-order valence-corrected chi connectivity index (χ1v) is 21.2. The number of anilines is 3. The third-order valence-electron chi connectivity index (χ3n) is 13.1. The van der Waals surface area contributed by atoms with Gasteiger partial charge in [0, 0.05) is 27.7 Å². The van der Waals surface area contributed by atoms with Gasteiger partial charge in [-0.1, -0.05) is 172 Å². The monoisotopic (exact) mass is 779 g/mol. The second-order valence-electron chi connectivity index (χ2n) is 16.9. The van der Waals surface area contributed by atoms with Gasteiger partial charge in [0.05, 0.1) is 11.1 Å². The molecule has 0 aliphatic heterocycles. The molecular formula is C59H41NO. The lowest BCUT2D eigenvalue weighted by molar-refractivity contribution is 0.648. The maximum absolute atomic E-state index is 7.12. The van der Waals surface area contributed by atoms with Gasteiger partial charge >= 0.3 is 0 Å². The Morgan fingerprint density at radius 1 is 0.377 bits per heavy atom. The van der Waals surface area contributed by atoms with Gasteiger partial charge in [0.15, 0.2) is 0 Å². The van der Waals surface area contributed by atoms with Crippen molar-refractivity contribution >= 4 is 60.5 Å². The highest BCUT2D eigenvalue weighted by Crippen LogP contribution is 2.53. The number of furan rings is 1. The fourth-order valence-electron chi connectivity index (χ4n) is 10.0. The third-order valence-corrected chi connectivity index (χ3v) is 13.1. The lowest BCUT2D eigenvalue weighted by Crippen LogP contribution is -2.14. The van der Waals surface area contributed by atoms with Crippen LogP contribution in [0.3, 0.4) is 0 Å². The average molecular weight is 780 g/mol. The molecule has 12 rings (SSSR count). The minimum Gasteiger partial charge on any atom is -0.455 e. The summed E-state index contributed by atoms with van der Waals surface area (Å²) in [7, 11) is 0. The van der Waals surface area contributed by atoms with Gasteiger partial charge in [-0.3, -0.25) is 0 Å². The molecular weight excluding hydrogens is 739 g/mol. The van der Waals surface area contributed by atoms with Crippen LogP contribution in [0.25, 0.3) is 88.0 Å². The van der Waals surface area contributed by atoms with Gasteiger partial charge in [0.1, 0.15) is 11.2 Å². The lowest BCUT2D eigenvalue weighted by Gasteiger charge is -2.27. The smallest absolute Gasteiger partial charge is 0.145 e. The topological polar surface area (TPSA) is 16.4 Å². The molecule has 0 amide bonds. The van der Waals surface area contributed by atoms with Crippen LogP contribution in [0, 0.1) is 0 Å². The molecule has 0 atom stereocenters. The highest BCUT2D eigenvalue weighted by Gasteiger charge is 2.36. The molecule has 10 aromatic carbocycles. The molecule has 0 bridgehead atoms. The van der Waals surface area contributed by atoms with Crippen molar-refractivity contribution in [3.63, 3.8) is 0 Å². The molecule has 0 saturated heterocycles. The SMILES string of the molecule is CC1(C)c2ccccc2-c2cc3c(cc21)oc1c(-c2ccccc2)ccc(N(c2ccc(-c4ccccc4)cc2)c2ccc(-c4cc5ccccc5c5ccccc45)cc2)c13. The molecule has 0 saturated carbocycles. The highest BCUT2D eigenvalue weighted by molar-refractivity contribution is 6.19. The van der Waals surface area contributed by atoms with Crippen molar-refractivity contribution in [1.82, 2.24) is 0 Å². The number of hydrogen-bond donors (Lipinski definition) is 0. The zero-order valence-corrected chi connectivity index (χ0v) is 34.1. The standard InChI is InChI=1S/C59H41NO/c1-59(2)53-24-14-13-23-49(53)51-36-52-56(37-54(51)59)61-58-46(40-17-7-4-8-18-40)33-34-55(57(52)58)60(43-29-25-39(26-30-43)38-15-5-3-6-16-38)44-31-27-41(28-32-44)50-35-42-19-9-10-20-45(42)47-21-11-12-22-48(47)50/h3-37H,1-2H3. The van der Waals surface area contributed by atoms with Crippen LogP contribution in [0.1, 0.15) is 25.0 Å². The molecule has 1 heterocycles. The number of benzene rings is 10. The fourth-order valence-corrected chi connectivity index (χ4v) is 10.0. The van der Waals surface area contributed by atoms with Crippen LogP contribution in [0.4, 0.5) is 17.1 Å². The first kappa shape index (κ1) is 35.3. The Labute approximate surface area is 355 Å². The van der Waals surface area contributed by atoms with Crippen LogP contribution in [-0.2, 0) is 5.41 Å². The molecule has 61 heavy (non-hydrogen) atoms. The van der Waals surface area contributed by atoms with E-state index in [0.29, 0.717) is 0 Å². The van der Waals surface area contributed by atoms with Crippen LogP contribution in [0.2, 0.25) is 0 Å². The molecule has 288 valence electrons. The van der Waals surface area contributed by atoms with Crippen molar-refractivity contribution in [2.45, 2.75) is 19.3 Å². The maximum atomic E-state index is 7.12. The third kappa shape index (κ3) is 5.56. The molecule has 0 unspecified atom stereocenters. The van der Waals surface area contributed by atoms with Crippen molar-refractivity contribution in [1.29, 1.82) is 0 Å². The lowest BCUT2D eigenvalue weighted by atomic mass is 9.82. The minimum atomic E-state index is -0.144. The Morgan fingerprint density at radius 2 is 0.951 bits per heavy atom. The summed E-state index contributed by atoms with van der Waals surface area (Å²) in [6, 6.07) is 77.3. The normalized spacial score (nSPS) is 12.9. The second kappa shape index (κ2) is 13.7. The predicted octanol–water partition coefficient (Wildman–Crippen LogP) is 16.7. The summed E-state index contributed by atoms with van der Waals surface area (Å²) in [6.07, 6.45) is 0. The first-order chi connectivity index (χ1) is 30.0. The Balaban J connectivity index is 1.10. The Morgan fingerprint density at radius 3 is 1.69 bits per heavy atom. The van der Waals surface area contributed by atoms with Gasteiger partial charge in [-0.05, 0) is 126 Å². The van der Waals surface area contributed by atoms with E-state index in [2.05, 4.69) is 231 Å². The zero-order chi connectivity index (χ0) is 40.7. The highest BCUT2D eigenvalue weighted by atomic mass is 16.3. The molecule has 0 radical (unpaired) electrons. The van der Waals surface area contributed by atoms with E-state index in [4.69, 9.17) is 4.42 Å². The fraction of sp³-hybridized carbons (Fsp3) is 0.0508. The van der Waals surface area contributed by atoms with Crippen molar-refractivity contribution in [3.8, 4) is 44.5 Å². The van der Waals surface area contributed by atoms with Crippen molar-refractivity contribution in [2.75, 3.05) is 4.90 Å². The number of fused-ring (bicyclic) bond motifs is 9. The van der Waals surface area contributed by atoms with Gasteiger partial charge in [-0.2, -0.15) is 0 Å². The van der Waals surface area contributed by atoms with Gasteiger partial charge in [0.25, 0.3) is 0 Å². The summed E-state index contributed by atoms with van der Waals surface area (Å²) in [6.45, 7) is 4.66. The van der Waals surface area contributed by atoms with E-state index in [-0.39, 0.29) is 5.41 Å². The summed E-state index contributed by atoms with van der Waals surface area (Å²) in [5.41, 5.74) is 17.1. The van der Waals surface area contributed by atoms with Gasteiger partial charge in [-0.25, -0.2) is 0 Å². The zero-order valence-electron chi connectivity index (χ0n) is 34.1. The van der Waals surface area contributed by atoms with E-state index in [1.807, 2.05) is 0 Å². The van der Waals surface area contributed by atoms with Gasteiger partial charge in [-0.15, -0.1) is 0 Å². The van der Waals surface area contributed by atoms with Crippen LogP contribution in [0.5, 0.6) is 0 Å². The average Bonchev–Trinajstić information content (AvgIpc) is 3.81. The van der Waals surface area contributed by atoms with Crippen molar-refractivity contribution in [2.24, 2.45) is 0 Å². The van der Waals surface area contributed by atoms with E-state index >= 15 is 0 Å². The first-order valence-electron chi connectivity index (χ1n) is 21.2. The largest absolute Gasteiger partial charge is 0.455 e. The van der Waals surface area contributed by atoms with Crippen LogP contribution < -0.4 is 4.90 Å². The Hall–Kier alpha value is -7.68. The van der Waals surface area contributed by atoms with E-state index in [1.54, 1.807) is 0 Å². The number of hydrogen-bond acceptors (Lipinski definition) is 2. The minimum absolute atomic E-state index is 0.144. The van der Waals surface area contributed by atoms with Crippen molar-refractivity contribution in [3.05, 3.63) is 223 Å². The quantitative estimate of drug-likeness (QED) is 0.156. The van der Waals surface area contributed by atoms with E-state index in [9.17, 15) is 0 Å². The van der Waals surface area contributed by atoms with Crippen LogP contribution in [-0.4, -0.2) is 0 Å². The number of nitrogens with zero attached hydrogens (tertiary/aromatic N) is 1. The van der Waals surface area contributed by atoms with Gasteiger partial charge in [0.2, 0.25) is 0 Å². The predicted molar refractivity (Wildman–Crippen MR) is 257 cm³/mol. The Kier molecular flexibility index (Phi) is 7.92. The molecule has 2 nitrogen and oxygen atoms in total. The number of rotatable bonds is 6. The summed E-state index contributed by atoms with van der Waals surface area (Å²) >= 11 is 0. The maximum Gasteiger partial charge on any atom is 0.145 e. The molecule has 0 spiro atoms. The van der Waals surface area contributed by atoms with Crippen LogP contribution >= 0.6 is 0 Å². The molecule has 2 heteroatoms. The molecule has 1 aliphatic carbocycles. The van der Waals surface area contributed by atoms with E-state index in [1.165, 1.54) is 66.1 Å². The van der Waals surface area contributed by atoms with E-state index in [0.717, 1.165) is 50.1 Å². The summed E-state index contributed by atoms with van der Waals surface area (Å²) < 4.78 is 7.12. The Bertz CT molecular complexity index is 3470. The summed E-state index contributed by atoms with van der Waals surface area (Å²) in [4.78, 5) is 2.41. The van der Waals surface area contributed by atoms with Gasteiger partial charge < -0.3 is 9.32 Å². The molecule has 1 aliphatic rings. The second-order valence-corrected chi connectivity index (χ2v) is 16.9. The summed E-state index contributed by atoms with van der Waals surface area (Å²) in [5, 5.41) is 7.24. The van der Waals surface area contributed by atoms with Crippen molar-refractivity contribution < 1.29 is 4.42 Å². The van der Waals surface area contributed by atoms with E-state index < -0.39 is 0 Å². The molecule has 11 aromatic rings. The molecule has 1 aromatic heterocycles.